The first kappa shape index (κ1) is 16.7. The van der Waals surface area contributed by atoms with Crippen molar-refractivity contribution in [3.05, 3.63) is 66.5 Å². The summed E-state index contributed by atoms with van der Waals surface area (Å²) in [5.74, 6) is -0.445. The van der Waals surface area contributed by atoms with E-state index in [1.165, 1.54) is 17.1 Å². The van der Waals surface area contributed by atoms with Crippen LogP contribution in [-0.4, -0.2) is 38.3 Å². The maximum atomic E-state index is 12.4. The lowest BCUT2D eigenvalue weighted by molar-refractivity contribution is -0.128. The molecule has 2 aromatic rings. The van der Waals surface area contributed by atoms with Gasteiger partial charge >= 0.3 is 0 Å². The maximum Gasteiger partial charge on any atom is 0.265 e. The van der Waals surface area contributed by atoms with Gasteiger partial charge in [0.1, 0.15) is 5.57 Å². The van der Waals surface area contributed by atoms with Crippen molar-refractivity contribution in [1.29, 1.82) is 0 Å². The van der Waals surface area contributed by atoms with Gasteiger partial charge in [-0.3, -0.25) is 19.8 Å². The summed E-state index contributed by atoms with van der Waals surface area (Å²) in [6.45, 7) is 3.81. The summed E-state index contributed by atoms with van der Waals surface area (Å²) in [5, 5.41) is 2.56. The van der Waals surface area contributed by atoms with Crippen molar-refractivity contribution < 1.29 is 9.59 Å². The molecule has 1 aromatic carbocycles. The SMILES string of the molecule is C=CCN1C(=O)/C(=C/c2cnc(-c3ccccc3)nc2)C(=O)NC1=S. The number of amides is 2. The molecule has 0 bridgehead atoms. The molecule has 3 rings (SSSR count). The van der Waals surface area contributed by atoms with Gasteiger partial charge < -0.3 is 0 Å². The van der Waals surface area contributed by atoms with Crippen LogP contribution >= 0.6 is 12.2 Å². The number of nitrogens with one attached hydrogen (secondary N) is 1. The average Bonchev–Trinajstić information content (AvgIpc) is 2.63. The Bertz CT molecular complexity index is 876. The largest absolute Gasteiger partial charge is 0.298 e. The van der Waals surface area contributed by atoms with E-state index >= 15 is 0 Å². The number of rotatable bonds is 4. The molecule has 124 valence electrons. The normalized spacial score (nSPS) is 16.1. The molecule has 1 aliphatic heterocycles. The zero-order chi connectivity index (χ0) is 17.8. The van der Waals surface area contributed by atoms with Crippen molar-refractivity contribution in [3.63, 3.8) is 0 Å². The summed E-state index contributed by atoms with van der Waals surface area (Å²) in [6.07, 6.45) is 6.11. The van der Waals surface area contributed by atoms with Crippen LogP contribution in [0.1, 0.15) is 5.56 Å². The number of carbonyl (C=O) groups excluding carboxylic acids is 2. The van der Waals surface area contributed by atoms with E-state index in [-0.39, 0.29) is 17.2 Å². The molecule has 2 heterocycles. The van der Waals surface area contributed by atoms with E-state index in [1.54, 1.807) is 12.4 Å². The number of hydrogen-bond donors (Lipinski definition) is 1. The van der Waals surface area contributed by atoms with Gasteiger partial charge in [-0.2, -0.15) is 0 Å². The minimum Gasteiger partial charge on any atom is -0.298 e. The Morgan fingerprint density at radius 2 is 1.84 bits per heavy atom. The van der Waals surface area contributed by atoms with Crippen molar-refractivity contribution in [3.8, 4) is 11.4 Å². The minimum absolute atomic E-state index is 0.0217. The van der Waals surface area contributed by atoms with Crippen LogP contribution in [0.5, 0.6) is 0 Å². The number of aromatic nitrogens is 2. The minimum atomic E-state index is -0.539. The third kappa shape index (κ3) is 3.51. The molecule has 1 aromatic heterocycles. The Kier molecular flexibility index (Phi) is 4.76. The van der Waals surface area contributed by atoms with Gasteiger partial charge in [0, 0.05) is 30.1 Å². The van der Waals surface area contributed by atoms with E-state index in [0.29, 0.717) is 11.4 Å². The van der Waals surface area contributed by atoms with E-state index in [1.807, 2.05) is 30.3 Å². The maximum absolute atomic E-state index is 12.4. The van der Waals surface area contributed by atoms with E-state index in [4.69, 9.17) is 12.2 Å². The quantitative estimate of drug-likeness (QED) is 0.395. The molecule has 0 atom stereocenters. The first-order chi connectivity index (χ1) is 12.1. The van der Waals surface area contributed by atoms with Crippen molar-refractivity contribution >= 4 is 35.2 Å². The molecule has 0 aliphatic carbocycles. The second kappa shape index (κ2) is 7.14. The zero-order valence-electron chi connectivity index (χ0n) is 13.2. The molecule has 2 amide bonds. The summed E-state index contributed by atoms with van der Waals surface area (Å²) in [5.41, 5.74) is 1.41. The Morgan fingerprint density at radius 1 is 1.16 bits per heavy atom. The van der Waals surface area contributed by atoms with Gasteiger partial charge in [-0.15, -0.1) is 6.58 Å². The average molecular weight is 350 g/mol. The molecule has 7 heteroatoms. The molecule has 25 heavy (non-hydrogen) atoms. The molecule has 0 radical (unpaired) electrons. The molecule has 1 fully saturated rings. The Balaban J connectivity index is 1.88. The molecule has 1 N–H and O–H groups in total. The van der Waals surface area contributed by atoms with E-state index in [9.17, 15) is 9.59 Å². The van der Waals surface area contributed by atoms with Crippen molar-refractivity contribution in [2.75, 3.05) is 6.54 Å². The number of benzene rings is 1. The van der Waals surface area contributed by atoms with Gasteiger partial charge in [0.2, 0.25) is 0 Å². The van der Waals surface area contributed by atoms with Gasteiger partial charge in [-0.25, -0.2) is 9.97 Å². The second-order valence-electron chi connectivity index (χ2n) is 5.23. The highest BCUT2D eigenvalue weighted by molar-refractivity contribution is 7.80. The van der Waals surface area contributed by atoms with Crippen LogP contribution in [0.25, 0.3) is 17.5 Å². The van der Waals surface area contributed by atoms with Crippen LogP contribution in [0.15, 0.2) is 61.0 Å². The third-order valence-electron chi connectivity index (χ3n) is 3.51. The molecule has 1 saturated heterocycles. The highest BCUT2D eigenvalue weighted by Gasteiger charge is 2.32. The summed E-state index contributed by atoms with van der Waals surface area (Å²) in [4.78, 5) is 34.4. The monoisotopic (exact) mass is 350 g/mol. The predicted molar refractivity (Wildman–Crippen MR) is 98.1 cm³/mol. The lowest BCUT2D eigenvalue weighted by atomic mass is 10.1. The van der Waals surface area contributed by atoms with Crippen LogP contribution in [-0.2, 0) is 9.59 Å². The molecular formula is C18H14N4O2S. The zero-order valence-corrected chi connectivity index (χ0v) is 14.0. The fourth-order valence-corrected chi connectivity index (χ4v) is 2.55. The summed E-state index contributed by atoms with van der Waals surface area (Å²) in [6, 6.07) is 9.52. The van der Waals surface area contributed by atoms with E-state index < -0.39 is 11.8 Å². The van der Waals surface area contributed by atoms with Crippen molar-refractivity contribution in [1.82, 2.24) is 20.2 Å². The van der Waals surface area contributed by atoms with Crippen LogP contribution in [0.3, 0.4) is 0 Å². The summed E-state index contributed by atoms with van der Waals surface area (Å²) in [7, 11) is 0. The van der Waals surface area contributed by atoms with Gasteiger partial charge in [0.15, 0.2) is 10.9 Å². The predicted octanol–water partition coefficient (Wildman–Crippen LogP) is 1.96. The Morgan fingerprint density at radius 3 is 2.48 bits per heavy atom. The van der Waals surface area contributed by atoms with Crippen LogP contribution in [0.2, 0.25) is 0 Å². The van der Waals surface area contributed by atoms with Crippen molar-refractivity contribution in [2.45, 2.75) is 0 Å². The molecule has 6 nitrogen and oxygen atoms in total. The van der Waals surface area contributed by atoms with Crippen molar-refractivity contribution in [2.24, 2.45) is 0 Å². The molecular weight excluding hydrogens is 336 g/mol. The van der Waals surface area contributed by atoms with Crippen LogP contribution in [0, 0.1) is 0 Å². The molecule has 0 spiro atoms. The lowest BCUT2D eigenvalue weighted by Crippen LogP contribution is -2.53. The van der Waals surface area contributed by atoms with Gasteiger partial charge in [-0.05, 0) is 18.3 Å². The molecule has 1 aliphatic rings. The smallest absolute Gasteiger partial charge is 0.265 e. The number of carbonyl (C=O) groups is 2. The highest BCUT2D eigenvalue weighted by atomic mass is 32.1. The molecule has 0 unspecified atom stereocenters. The van der Waals surface area contributed by atoms with E-state index in [0.717, 1.165) is 5.56 Å². The first-order valence-corrected chi connectivity index (χ1v) is 7.88. The fourth-order valence-electron chi connectivity index (χ4n) is 2.30. The standard InChI is InChI=1S/C18H14N4O2S/c1-2-8-22-17(24)14(16(23)21-18(22)25)9-12-10-19-15(20-11-12)13-6-4-3-5-7-13/h2-7,9-11H,1,8H2,(H,21,23,25)/b14-9+. The number of hydrogen-bond acceptors (Lipinski definition) is 5. The highest BCUT2D eigenvalue weighted by Crippen LogP contribution is 2.16. The van der Waals surface area contributed by atoms with Crippen LogP contribution < -0.4 is 5.32 Å². The summed E-state index contributed by atoms with van der Waals surface area (Å²) >= 11 is 5.01. The number of thiocarbonyl (C=S) groups is 1. The lowest BCUT2D eigenvalue weighted by Gasteiger charge is -2.27. The number of nitrogens with zero attached hydrogens (tertiary/aromatic N) is 3. The van der Waals surface area contributed by atoms with Gasteiger partial charge in [-0.1, -0.05) is 36.4 Å². The van der Waals surface area contributed by atoms with E-state index in [2.05, 4.69) is 21.9 Å². The topological polar surface area (TPSA) is 75.2 Å². The van der Waals surface area contributed by atoms with Gasteiger partial charge in [0.05, 0.1) is 0 Å². The first-order valence-electron chi connectivity index (χ1n) is 7.47. The molecule has 0 saturated carbocycles. The van der Waals surface area contributed by atoms with Gasteiger partial charge in [0.25, 0.3) is 11.8 Å². The Hall–Kier alpha value is -3.19. The Labute approximate surface area is 149 Å². The third-order valence-corrected chi connectivity index (χ3v) is 3.83. The van der Waals surface area contributed by atoms with Crippen LogP contribution in [0.4, 0.5) is 0 Å². The summed E-state index contributed by atoms with van der Waals surface area (Å²) < 4.78 is 0. The fraction of sp³-hybridized carbons (Fsp3) is 0.0556. The second-order valence-corrected chi connectivity index (χ2v) is 5.61.